The number of furan rings is 1. The summed E-state index contributed by atoms with van der Waals surface area (Å²) in [6.07, 6.45) is 6.14. The van der Waals surface area contributed by atoms with E-state index < -0.39 is 0 Å². The maximum Gasteiger partial charge on any atom is 0.143 e. The molecule has 0 bridgehead atoms. The van der Waals surface area contributed by atoms with E-state index in [9.17, 15) is 0 Å². The first-order valence-corrected chi connectivity index (χ1v) is 11.7. The van der Waals surface area contributed by atoms with Crippen molar-refractivity contribution >= 4 is 66.4 Å². The lowest BCUT2D eigenvalue weighted by Crippen LogP contribution is -1.87. The molecule has 1 nitrogen and oxygen atoms in total. The minimum Gasteiger partial charge on any atom is -0.455 e. The molecule has 0 unspecified atom stereocenters. The summed E-state index contributed by atoms with van der Waals surface area (Å²) in [6, 6.07) is 30.6. The molecule has 0 saturated carbocycles. The molecule has 0 fully saturated rings. The van der Waals surface area contributed by atoms with E-state index in [1.54, 1.807) is 0 Å². The summed E-state index contributed by atoms with van der Waals surface area (Å²) in [6.45, 7) is 6.07. The van der Waals surface area contributed by atoms with Crippen LogP contribution in [0.3, 0.4) is 0 Å². The second-order valence-corrected chi connectivity index (χ2v) is 8.90. The van der Waals surface area contributed by atoms with E-state index in [2.05, 4.69) is 104 Å². The van der Waals surface area contributed by atoms with Gasteiger partial charge in [-0.15, -0.1) is 0 Å². The topological polar surface area (TPSA) is 13.1 Å². The van der Waals surface area contributed by atoms with Crippen LogP contribution in [-0.2, 0) is 0 Å². The minimum absolute atomic E-state index is 0.902. The molecule has 0 spiro atoms. The average molecular weight is 435 g/mol. The van der Waals surface area contributed by atoms with Gasteiger partial charge in [0.05, 0.1) is 0 Å². The minimum atomic E-state index is 0.902. The van der Waals surface area contributed by atoms with Crippen LogP contribution in [0.1, 0.15) is 18.1 Å². The molecule has 34 heavy (non-hydrogen) atoms. The Morgan fingerprint density at radius 2 is 1.38 bits per heavy atom. The Kier molecular flexibility index (Phi) is 3.98. The molecule has 0 aliphatic heterocycles. The summed E-state index contributed by atoms with van der Waals surface area (Å²) in [5.74, 6) is 0. The van der Waals surface area contributed by atoms with Gasteiger partial charge in [0.15, 0.2) is 0 Å². The Labute approximate surface area is 197 Å². The Hall–Kier alpha value is -4.36. The Balaban J connectivity index is 1.61. The summed E-state index contributed by atoms with van der Waals surface area (Å²) in [5, 5.41) is 10.0. The van der Waals surface area contributed by atoms with Crippen molar-refractivity contribution in [3.63, 3.8) is 0 Å². The maximum absolute atomic E-state index is 6.55. The first-order chi connectivity index (χ1) is 16.8. The van der Waals surface area contributed by atoms with Gasteiger partial charge in [-0.2, -0.15) is 0 Å². The van der Waals surface area contributed by atoms with Gasteiger partial charge in [0.25, 0.3) is 0 Å². The van der Waals surface area contributed by atoms with Gasteiger partial charge in [-0.1, -0.05) is 104 Å². The van der Waals surface area contributed by atoms with Gasteiger partial charge in [-0.25, -0.2) is 0 Å². The van der Waals surface area contributed by atoms with Gasteiger partial charge in [-0.05, 0) is 62.0 Å². The first kappa shape index (κ1) is 19.1. The number of para-hydroxylation sites is 1. The lowest BCUT2D eigenvalue weighted by Gasteiger charge is -2.14. The number of rotatable bonds is 3. The van der Waals surface area contributed by atoms with Crippen LogP contribution in [0.4, 0.5) is 0 Å². The Morgan fingerprint density at radius 1 is 0.647 bits per heavy atom. The van der Waals surface area contributed by atoms with Crippen molar-refractivity contribution in [1.29, 1.82) is 0 Å². The molecular formula is C33H22O. The lowest BCUT2D eigenvalue weighted by atomic mass is 9.89. The summed E-state index contributed by atoms with van der Waals surface area (Å²) in [5.41, 5.74) is 6.42. The van der Waals surface area contributed by atoms with Crippen molar-refractivity contribution in [1.82, 2.24) is 0 Å². The third-order valence-electron chi connectivity index (χ3n) is 7.11. The fraction of sp³-hybridized carbons (Fsp3) is 0.0303. The van der Waals surface area contributed by atoms with Gasteiger partial charge in [0.1, 0.15) is 11.2 Å². The molecule has 0 aliphatic carbocycles. The number of fused-ring (bicyclic) bond motifs is 3. The largest absolute Gasteiger partial charge is 0.455 e. The van der Waals surface area contributed by atoms with Gasteiger partial charge < -0.3 is 4.42 Å². The Bertz CT molecular complexity index is 1910. The zero-order chi connectivity index (χ0) is 22.8. The predicted molar refractivity (Wildman–Crippen MR) is 148 cm³/mol. The van der Waals surface area contributed by atoms with Crippen molar-refractivity contribution in [3.05, 3.63) is 109 Å². The second kappa shape index (κ2) is 7.07. The third kappa shape index (κ3) is 2.50. The summed E-state index contributed by atoms with van der Waals surface area (Å²) < 4.78 is 6.55. The molecule has 0 amide bonds. The Morgan fingerprint density at radius 3 is 2.18 bits per heavy atom. The first-order valence-electron chi connectivity index (χ1n) is 11.7. The predicted octanol–water partition coefficient (Wildman–Crippen LogP) is 9.83. The smallest absolute Gasteiger partial charge is 0.143 e. The van der Waals surface area contributed by atoms with Crippen LogP contribution in [0.15, 0.2) is 102 Å². The highest BCUT2D eigenvalue weighted by molar-refractivity contribution is 6.26. The van der Waals surface area contributed by atoms with Crippen LogP contribution >= 0.6 is 0 Å². The molecule has 160 valence electrons. The quantitative estimate of drug-likeness (QED) is 0.252. The molecular weight excluding hydrogens is 412 g/mol. The van der Waals surface area contributed by atoms with Crippen LogP contribution in [0.25, 0.3) is 77.5 Å². The van der Waals surface area contributed by atoms with Crippen LogP contribution in [0.5, 0.6) is 0 Å². The summed E-state index contributed by atoms with van der Waals surface area (Å²) in [7, 11) is 0. The van der Waals surface area contributed by atoms with Gasteiger partial charge in [-0.3, -0.25) is 0 Å². The number of allylic oxidation sites excluding steroid dienone is 1. The molecule has 7 rings (SSSR count). The maximum atomic E-state index is 6.55. The van der Waals surface area contributed by atoms with E-state index in [0.717, 1.165) is 38.6 Å². The van der Waals surface area contributed by atoms with E-state index in [4.69, 9.17) is 4.42 Å². The second-order valence-electron chi connectivity index (χ2n) is 8.90. The zero-order valence-corrected chi connectivity index (χ0v) is 18.9. The average Bonchev–Trinajstić information content (AvgIpc) is 3.27. The fourth-order valence-corrected chi connectivity index (χ4v) is 5.64. The molecule has 0 radical (unpaired) electrons. The number of benzene rings is 6. The number of hydrogen-bond donors (Lipinski definition) is 0. The zero-order valence-electron chi connectivity index (χ0n) is 18.9. The molecule has 0 N–H and O–H groups in total. The van der Waals surface area contributed by atoms with Crippen molar-refractivity contribution in [2.75, 3.05) is 0 Å². The fourth-order valence-electron chi connectivity index (χ4n) is 5.64. The van der Waals surface area contributed by atoms with E-state index in [0.29, 0.717) is 0 Å². The molecule has 1 heteroatoms. The highest BCUT2D eigenvalue weighted by atomic mass is 16.3. The van der Waals surface area contributed by atoms with E-state index in [-0.39, 0.29) is 0 Å². The standard InChI is InChI=1S/C33H22O/c1-3-7-24-20(4-2)16-19-29-32(24)28-11-6-10-27(33(28)34-29)25-17-14-23-13-12-21-8-5-9-22-15-18-26(25)31(23)30(21)22/h3-19H,2H2,1H3/b7-3-. The molecule has 0 saturated heterocycles. The highest BCUT2D eigenvalue weighted by Crippen LogP contribution is 2.43. The van der Waals surface area contributed by atoms with E-state index in [1.165, 1.54) is 37.9 Å². The molecule has 0 aliphatic rings. The van der Waals surface area contributed by atoms with Gasteiger partial charge in [0, 0.05) is 16.3 Å². The normalized spacial score (nSPS) is 12.3. The van der Waals surface area contributed by atoms with Crippen molar-refractivity contribution in [2.45, 2.75) is 6.92 Å². The van der Waals surface area contributed by atoms with Crippen molar-refractivity contribution in [3.8, 4) is 11.1 Å². The van der Waals surface area contributed by atoms with E-state index >= 15 is 0 Å². The van der Waals surface area contributed by atoms with Gasteiger partial charge >= 0.3 is 0 Å². The molecule has 6 aromatic carbocycles. The van der Waals surface area contributed by atoms with Crippen molar-refractivity contribution in [2.24, 2.45) is 0 Å². The molecule has 7 aromatic rings. The number of hydrogen-bond acceptors (Lipinski definition) is 1. The summed E-state index contributed by atoms with van der Waals surface area (Å²) in [4.78, 5) is 0. The van der Waals surface area contributed by atoms with Crippen LogP contribution in [0, 0.1) is 0 Å². The van der Waals surface area contributed by atoms with E-state index in [1.807, 2.05) is 13.0 Å². The molecule has 0 atom stereocenters. The van der Waals surface area contributed by atoms with Crippen molar-refractivity contribution < 1.29 is 4.42 Å². The lowest BCUT2D eigenvalue weighted by molar-refractivity contribution is 0.670. The summed E-state index contributed by atoms with van der Waals surface area (Å²) >= 11 is 0. The third-order valence-corrected chi connectivity index (χ3v) is 7.11. The van der Waals surface area contributed by atoms with Gasteiger partial charge in [0.2, 0.25) is 0 Å². The monoisotopic (exact) mass is 434 g/mol. The van der Waals surface area contributed by atoms with Crippen LogP contribution in [0.2, 0.25) is 0 Å². The van der Waals surface area contributed by atoms with Crippen LogP contribution < -0.4 is 0 Å². The molecule has 1 heterocycles. The molecule has 1 aromatic heterocycles. The van der Waals surface area contributed by atoms with Crippen LogP contribution in [-0.4, -0.2) is 0 Å². The SMILES string of the molecule is C=Cc1ccc2oc3c(-c4ccc5ccc6cccc7ccc4c5c67)cccc3c2c1/C=C\C. The highest BCUT2D eigenvalue weighted by Gasteiger charge is 2.18.